The number of nitrogens with one attached hydrogen (secondary N) is 1. The number of carbonyl (C=O) groups is 1. The van der Waals surface area contributed by atoms with Crippen LogP contribution in [0.25, 0.3) is 0 Å². The molecule has 0 aromatic heterocycles. The Bertz CT molecular complexity index is 919. The molecule has 0 amide bonds. The fraction of sp³-hybridized carbons (Fsp3) is 0.500. The van der Waals surface area contributed by atoms with Gasteiger partial charge in [0.1, 0.15) is 18.0 Å². The first kappa shape index (κ1) is 25.5. The van der Waals surface area contributed by atoms with Crippen LogP contribution in [0.1, 0.15) is 38.3 Å². The van der Waals surface area contributed by atoms with Gasteiger partial charge in [-0.3, -0.25) is 9.69 Å². The molecule has 3 N–H and O–H groups in total. The Morgan fingerprint density at radius 3 is 2.61 bits per heavy atom. The number of rotatable bonds is 10. The van der Waals surface area contributed by atoms with Crippen molar-refractivity contribution in [2.24, 2.45) is 5.92 Å². The van der Waals surface area contributed by atoms with E-state index in [0.717, 1.165) is 24.5 Å². The maximum Gasteiger partial charge on any atom is 0.307 e. The topological polar surface area (TPSA) is 82.0 Å². The minimum atomic E-state index is -1.08. The van der Waals surface area contributed by atoms with Crippen LogP contribution in [-0.2, 0) is 17.8 Å². The highest BCUT2D eigenvalue weighted by Gasteiger charge is 2.32. The summed E-state index contributed by atoms with van der Waals surface area (Å²) in [5, 5.41) is 24.3. The lowest BCUT2D eigenvalue weighted by Crippen LogP contribution is -2.55. The fourth-order valence-corrected chi connectivity index (χ4v) is 4.47. The molecule has 6 nitrogen and oxygen atoms in total. The number of piperidine rings is 1. The van der Waals surface area contributed by atoms with Crippen molar-refractivity contribution in [1.29, 1.82) is 0 Å². The second-order valence-electron chi connectivity index (χ2n) is 9.57. The molecule has 1 heterocycles. The van der Waals surface area contributed by atoms with Gasteiger partial charge in [0.2, 0.25) is 0 Å². The van der Waals surface area contributed by atoms with Crippen molar-refractivity contribution in [2.75, 3.05) is 19.7 Å². The third-order valence-corrected chi connectivity index (χ3v) is 6.58. The molecule has 0 spiro atoms. The fourth-order valence-electron chi connectivity index (χ4n) is 4.34. The normalized spacial score (nSPS) is 23.1. The first-order valence-electron chi connectivity index (χ1n) is 11.5. The minimum absolute atomic E-state index is 0.0793. The molecule has 1 saturated heterocycles. The first-order valence-corrected chi connectivity index (χ1v) is 11.9. The number of aliphatic hydroxyl groups is 1. The Morgan fingerprint density at radius 1 is 1.21 bits per heavy atom. The van der Waals surface area contributed by atoms with E-state index in [2.05, 4.69) is 36.2 Å². The molecule has 3 unspecified atom stereocenters. The lowest BCUT2D eigenvalue weighted by molar-refractivity contribution is -0.136. The van der Waals surface area contributed by atoms with Gasteiger partial charge in [-0.1, -0.05) is 48.9 Å². The van der Waals surface area contributed by atoms with Crippen molar-refractivity contribution in [3.05, 3.63) is 64.7 Å². The van der Waals surface area contributed by atoms with Crippen molar-refractivity contribution >= 4 is 17.6 Å². The number of para-hydroxylation sites is 1. The summed E-state index contributed by atoms with van der Waals surface area (Å²) in [7, 11) is 0. The molecule has 3 rings (SSSR count). The third-order valence-electron chi connectivity index (χ3n) is 6.32. The Balaban J connectivity index is 1.50. The van der Waals surface area contributed by atoms with Gasteiger partial charge in [0.05, 0.1) is 6.42 Å². The summed E-state index contributed by atoms with van der Waals surface area (Å²) in [4.78, 5) is 13.6. The van der Waals surface area contributed by atoms with Gasteiger partial charge >= 0.3 is 5.97 Å². The summed E-state index contributed by atoms with van der Waals surface area (Å²) in [5.74, 6) is 0.0178. The van der Waals surface area contributed by atoms with Gasteiger partial charge in [0.15, 0.2) is 0 Å². The Morgan fingerprint density at radius 2 is 1.91 bits per heavy atom. The monoisotopic (exact) mass is 474 g/mol. The average molecular weight is 475 g/mol. The summed E-state index contributed by atoms with van der Waals surface area (Å²) in [5.41, 5.74) is 0.775. The summed E-state index contributed by atoms with van der Waals surface area (Å²) in [6.07, 6.45) is 0.883. The molecule has 0 aliphatic carbocycles. The third kappa shape index (κ3) is 7.71. The van der Waals surface area contributed by atoms with Crippen LogP contribution in [0, 0.1) is 5.92 Å². The van der Waals surface area contributed by atoms with Crippen LogP contribution in [0.2, 0.25) is 5.02 Å². The number of hydrogen-bond acceptors (Lipinski definition) is 5. The minimum Gasteiger partial charge on any atom is -0.490 e. The highest BCUT2D eigenvalue weighted by molar-refractivity contribution is 6.30. The van der Waals surface area contributed by atoms with Crippen LogP contribution < -0.4 is 10.1 Å². The number of halogens is 1. The van der Waals surface area contributed by atoms with E-state index in [9.17, 15) is 9.90 Å². The number of aliphatic carboxylic acids is 1. The van der Waals surface area contributed by atoms with Gasteiger partial charge in [-0.2, -0.15) is 0 Å². The Kier molecular flexibility index (Phi) is 8.76. The second-order valence-corrected chi connectivity index (χ2v) is 10.0. The number of carboxylic acids is 1. The largest absolute Gasteiger partial charge is 0.490 e. The maximum atomic E-state index is 11.1. The zero-order valence-corrected chi connectivity index (χ0v) is 20.4. The average Bonchev–Trinajstić information content (AvgIpc) is 2.76. The van der Waals surface area contributed by atoms with Gasteiger partial charge in [-0.25, -0.2) is 0 Å². The lowest BCUT2D eigenvalue weighted by atomic mass is 9.88. The molecule has 4 atom stereocenters. The number of carboxylic acid groups (broad SMARTS) is 1. The number of benzene rings is 2. The van der Waals surface area contributed by atoms with E-state index in [4.69, 9.17) is 21.4 Å². The molecular weight excluding hydrogens is 440 g/mol. The standard InChI is InChI=1S/C26H35ClN2O4/c1-18-14-29(15-20-8-10-22(27)11-9-20)19(2)12-23(18)28-16-26(3,32)17-33-24-7-5-4-6-21(24)13-25(30)31/h4-11,18-19,23,28,32H,12-17H2,1-3H3,(H,30,31)/t18?,19?,23?,26-/m0/s1. The van der Waals surface area contributed by atoms with E-state index in [1.807, 2.05) is 12.1 Å². The summed E-state index contributed by atoms with van der Waals surface area (Å²) >= 11 is 6.01. The van der Waals surface area contributed by atoms with E-state index < -0.39 is 11.6 Å². The molecule has 0 saturated carbocycles. The van der Waals surface area contributed by atoms with E-state index in [1.165, 1.54) is 5.56 Å². The van der Waals surface area contributed by atoms with Crippen LogP contribution >= 0.6 is 11.6 Å². The van der Waals surface area contributed by atoms with Crippen LogP contribution in [0.5, 0.6) is 5.75 Å². The van der Waals surface area contributed by atoms with Gasteiger partial charge in [0.25, 0.3) is 0 Å². The predicted octanol–water partition coefficient (Wildman–Crippen LogP) is 3.99. The zero-order chi connectivity index (χ0) is 24.0. The van der Waals surface area contributed by atoms with Gasteiger partial charge in [-0.05, 0) is 49.9 Å². The quantitative estimate of drug-likeness (QED) is 0.483. The van der Waals surface area contributed by atoms with Crippen molar-refractivity contribution in [2.45, 2.75) is 57.8 Å². The van der Waals surface area contributed by atoms with Crippen molar-refractivity contribution in [1.82, 2.24) is 10.2 Å². The SMILES string of the molecule is CC1CN(Cc2ccc(Cl)cc2)C(C)CC1NC[C@](C)(O)COc1ccccc1CC(=O)O. The van der Waals surface area contributed by atoms with Crippen LogP contribution in [0.15, 0.2) is 48.5 Å². The molecule has 180 valence electrons. The van der Waals surface area contributed by atoms with Gasteiger partial charge < -0.3 is 20.3 Å². The van der Waals surface area contributed by atoms with Crippen LogP contribution in [0.4, 0.5) is 0 Å². The lowest BCUT2D eigenvalue weighted by Gasteiger charge is -2.43. The number of ether oxygens (including phenoxy) is 1. The number of hydrogen-bond donors (Lipinski definition) is 3. The van der Waals surface area contributed by atoms with Crippen molar-refractivity contribution in [3.8, 4) is 5.75 Å². The summed E-state index contributed by atoms with van der Waals surface area (Å²) < 4.78 is 5.81. The number of nitrogens with zero attached hydrogens (tertiary/aromatic N) is 1. The first-order chi connectivity index (χ1) is 15.6. The summed E-state index contributed by atoms with van der Waals surface area (Å²) in [6.45, 7) is 8.58. The second kappa shape index (κ2) is 11.3. The van der Waals surface area contributed by atoms with Crippen LogP contribution in [0.3, 0.4) is 0 Å². The molecule has 2 aromatic carbocycles. The van der Waals surface area contributed by atoms with Crippen molar-refractivity contribution in [3.63, 3.8) is 0 Å². The molecule has 1 aliphatic heterocycles. The number of likely N-dealkylation sites (tertiary alicyclic amines) is 1. The predicted molar refractivity (Wildman–Crippen MR) is 131 cm³/mol. The molecule has 1 aliphatic rings. The van der Waals surface area contributed by atoms with E-state index in [0.29, 0.717) is 35.9 Å². The maximum absolute atomic E-state index is 11.1. The van der Waals surface area contributed by atoms with E-state index in [1.54, 1.807) is 31.2 Å². The molecule has 0 radical (unpaired) electrons. The van der Waals surface area contributed by atoms with Gasteiger partial charge in [-0.15, -0.1) is 0 Å². The molecule has 1 fully saturated rings. The molecule has 0 bridgehead atoms. The highest BCUT2D eigenvalue weighted by Crippen LogP contribution is 2.25. The Hall–Kier alpha value is -2.12. The van der Waals surface area contributed by atoms with E-state index >= 15 is 0 Å². The van der Waals surface area contributed by atoms with Gasteiger partial charge in [0, 0.05) is 42.3 Å². The molecule has 33 heavy (non-hydrogen) atoms. The smallest absolute Gasteiger partial charge is 0.307 e. The molecule has 7 heteroatoms. The highest BCUT2D eigenvalue weighted by atomic mass is 35.5. The summed E-state index contributed by atoms with van der Waals surface area (Å²) in [6, 6.07) is 15.8. The van der Waals surface area contributed by atoms with Crippen LogP contribution in [-0.4, -0.2) is 58.5 Å². The zero-order valence-electron chi connectivity index (χ0n) is 19.6. The van der Waals surface area contributed by atoms with E-state index in [-0.39, 0.29) is 13.0 Å². The van der Waals surface area contributed by atoms with Crippen molar-refractivity contribution < 1.29 is 19.7 Å². The molecule has 2 aromatic rings. The molecular formula is C26H35ClN2O4. The Labute approximate surface area is 201 Å².